The second-order valence-electron chi connectivity index (χ2n) is 6.35. The summed E-state index contributed by atoms with van der Waals surface area (Å²) in [5.41, 5.74) is 0. The number of rotatable bonds is 6. The third-order valence-electron chi connectivity index (χ3n) is 3.93. The average Bonchev–Trinajstić information content (AvgIpc) is 3.09. The van der Waals surface area contributed by atoms with Crippen LogP contribution in [0.1, 0.15) is 39.5 Å². The van der Waals surface area contributed by atoms with Gasteiger partial charge in [-0.2, -0.15) is 0 Å². The average molecular weight is 283 g/mol. The summed E-state index contributed by atoms with van der Waals surface area (Å²) in [6, 6.07) is -0.307. The zero-order valence-electron chi connectivity index (χ0n) is 12.3. The first-order valence-electron chi connectivity index (χ1n) is 7.49. The van der Waals surface area contributed by atoms with Crippen molar-refractivity contribution in [3.63, 3.8) is 0 Å². The molecule has 2 atom stereocenters. The number of hydrogen-bond acceptors (Lipinski definition) is 3. The maximum atomic E-state index is 11.9. The van der Waals surface area contributed by atoms with E-state index in [9.17, 15) is 9.59 Å². The fraction of sp³-hybridized carbons (Fsp3) is 0.857. The zero-order chi connectivity index (χ0) is 14.7. The summed E-state index contributed by atoms with van der Waals surface area (Å²) < 4.78 is 0. The molecule has 0 radical (unpaired) electrons. The summed E-state index contributed by atoms with van der Waals surface area (Å²) in [4.78, 5) is 25.4. The molecule has 1 saturated heterocycles. The monoisotopic (exact) mass is 283 g/mol. The minimum absolute atomic E-state index is 0.143. The highest BCUT2D eigenvalue weighted by Crippen LogP contribution is 2.29. The molecule has 2 aliphatic rings. The highest BCUT2D eigenvalue weighted by atomic mass is 16.4. The molecule has 114 valence electrons. The van der Waals surface area contributed by atoms with Gasteiger partial charge in [0.25, 0.3) is 0 Å². The van der Waals surface area contributed by atoms with Crippen LogP contribution >= 0.6 is 0 Å². The predicted octanol–water partition coefficient (Wildman–Crippen LogP) is 1.02. The van der Waals surface area contributed by atoms with Crippen molar-refractivity contribution < 1.29 is 14.7 Å². The lowest BCUT2D eigenvalue weighted by Gasteiger charge is -2.19. The molecule has 6 heteroatoms. The number of carbonyl (C=O) groups excluding carboxylic acids is 1. The van der Waals surface area contributed by atoms with Crippen LogP contribution in [0.15, 0.2) is 0 Å². The van der Waals surface area contributed by atoms with Crippen molar-refractivity contribution in [1.82, 2.24) is 15.5 Å². The number of nitrogens with zero attached hydrogens (tertiary/aromatic N) is 1. The Morgan fingerprint density at radius 2 is 2.00 bits per heavy atom. The van der Waals surface area contributed by atoms with Crippen molar-refractivity contribution in [1.29, 1.82) is 0 Å². The van der Waals surface area contributed by atoms with Crippen molar-refractivity contribution in [2.45, 2.75) is 57.7 Å². The van der Waals surface area contributed by atoms with Crippen LogP contribution in [0.25, 0.3) is 0 Å². The Bertz CT molecular complexity index is 369. The SMILES string of the molecule is CC(C)C[C@H](NC(=O)NC1CCN(C2CC2)C1)C(=O)O. The summed E-state index contributed by atoms with van der Waals surface area (Å²) in [5, 5.41) is 14.6. The fourth-order valence-corrected chi connectivity index (χ4v) is 2.75. The van der Waals surface area contributed by atoms with E-state index in [1.54, 1.807) is 0 Å². The van der Waals surface area contributed by atoms with E-state index in [-0.39, 0.29) is 18.0 Å². The largest absolute Gasteiger partial charge is 0.480 e. The number of likely N-dealkylation sites (tertiary alicyclic amines) is 1. The number of aliphatic carboxylic acids is 1. The van der Waals surface area contributed by atoms with Crippen LogP contribution in [-0.2, 0) is 4.79 Å². The first-order chi connectivity index (χ1) is 9.45. The van der Waals surface area contributed by atoms with Gasteiger partial charge in [0.15, 0.2) is 0 Å². The Hall–Kier alpha value is -1.30. The topological polar surface area (TPSA) is 81.7 Å². The van der Waals surface area contributed by atoms with Gasteiger partial charge in [-0.15, -0.1) is 0 Å². The van der Waals surface area contributed by atoms with Crippen molar-refractivity contribution >= 4 is 12.0 Å². The van der Waals surface area contributed by atoms with E-state index in [4.69, 9.17) is 5.11 Å². The molecule has 1 aliphatic heterocycles. The van der Waals surface area contributed by atoms with Crippen molar-refractivity contribution in [3.8, 4) is 0 Å². The number of carboxylic acid groups (broad SMARTS) is 1. The molecule has 0 spiro atoms. The van der Waals surface area contributed by atoms with Crippen LogP contribution in [0.5, 0.6) is 0 Å². The Labute approximate surface area is 119 Å². The van der Waals surface area contributed by atoms with Crippen molar-refractivity contribution in [3.05, 3.63) is 0 Å². The van der Waals surface area contributed by atoms with Gasteiger partial charge < -0.3 is 15.7 Å². The number of nitrogens with one attached hydrogen (secondary N) is 2. The third kappa shape index (κ3) is 4.37. The maximum Gasteiger partial charge on any atom is 0.326 e. The zero-order valence-corrected chi connectivity index (χ0v) is 12.3. The van der Waals surface area contributed by atoms with Crippen LogP contribution in [0, 0.1) is 5.92 Å². The van der Waals surface area contributed by atoms with Gasteiger partial charge in [-0.1, -0.05) is 13.8 Å². The van der Waals surface area contributed by atoms with E-state index >= 15 is 0 Å². The maximum absolute atomic E-state index is 11.9. The molecule has 0 aromatic carbocycles. The lowest BCUT2D eigenvalue weighted by molar-refractivity contribution is -0.139. The summed E-state index contributed by atoms with van der Waals surface area (Å²) in [5.74, 6) is -0.742. The lowest BCUT2D eigenvalue weighted by atomic mass is 10.0. The van der Waals surface area contributed by atoms with Gasteiger partial charge in [0.05, 0.1) is 0 Å². The first kappa shape index (κ1) is 15.1. The molecule has 20 heavy (non-hydrogen) atoms. The van der Waals surface area contributed by atoms with Gasteiger partial charge in [-0.25, -0.2) is 9.59 Å². The normalized spacial score (nSPS) is 24.6. The van der Waals surface area contributed by atoms with Gasteiger partial charge in [-0.05, 0) is 31.6 Å². The minimum Gasteiger partial charge on any atom is -0.480 e. The highest BCUT2D eigenvalue weighted by Gasteiger charge is 2.35. The van der Waals surface area contributed by atoms with E-state index in [2.05, 4.69) is 15.5 Å². The van der Waals surface area contributed by atoms with E-state index in [0.717, 1.165) is 25.6 Å². The molecular formula is C14H25N3O3. The summed E-state index contributed by atoms with van der Waals surface area (Å²) >= 11 is 0. The number of amides is 2. The molecule has 1 unspecified atom stereocenters. The Kier molecular flexibility index (Phi) is 4.86. The quantitative estimate of drug-likeness (QED) is 0.680. The summed E-state index contributed by atoms with van der Waals surface area (Å²) in [6.45, 7) is 5.81. The molecular weight excluding hydrogens is 258 g/mol. The molecule has 0 aromatic rings. The molecule has 6 nitrogen and oxygen atoms in total. The van der Waals surface area contributed by atoms with Crippen molar-refractivity contribution in [2.75, 3.05) is 13.1 Å². The summed E-state index contributed by atoms with van der Waals surface area (Å²) in [7, 11) is 0. The van der Waals surface area contributed by atoms with E-state index in [1.165, 1.54) is 12.8 Å². The molecule has 2 rings (SSSR count). The summed E-state index contributed by atoms with van der Waals surface area (Å²) in [6.07, 6.45) is 3.94. The fourth-order valence-electron chi connectivity index (χ4n) is 2.75. The van der Waals surface area contributed by atoms with E-state index < -0.39 is 12.0 Å². The van der Waals surface area contributed by atoms with Gasteiger partial charge in [0.1, 0.15) is 6.04 Å². The van der Waals surface area contributed by atoms with Gasteiger partial charge in [-0.3, -0.25) is 4.90 Å². The lowest BCUT2D eigenvalue weighted by Crippen LogP contribution is -2.50. The van der Waals surface area contributed by atoms with Crippen LogP contribution in [0.3, 0.4) is 0 Å². The smallest absolute Gasteiger partial charge is 0.326 e. The minimum atomic E-state index is -0.972. The molecule has 3 N–H and O–H groups in total. The number of carbonyl (C=O) groups is 2. The Morgan fingerprint density at radius 1 is 1.30 bits per heavy atom. The number of hydrogen-bond donors (Lipinski definition) is 3. The van der Waals surface area contributed by atoms with E-state index in [0.29, 0.717) is 6.42 Å². The van der Waals surface area contributed by atoms with Crippen LogP contribution < -0.4 is 10.6 Å². The molecule has 2 fully saturated rings. The van der Waals surface area contributed by atoms with Gasteiger partial charge in [0.2, 0.25) is 0 Å². The van der Waals surface area contributed by atoms with E-state index in [1.807, 2.05) is 13.8 Å². The number of urea groups is 1. The second kappa shape index (κ2) is 6.43. The molecule has 1 aliphatic carbocycles. The molecule has 2 amide bonds. The highest BCUT2D eigenvalue weighted by molar-refractivity contribution is 5.82. The van der Waals surface area contributed by atoms with Crippen molar-refractivity contribution in [2.24, 2.45) is 5.92 Å². The standard InChI is InChI=1S/C14H25N3O3/c1-9(2)7-12(13(18)19)16-14(20)15-10-5-6-17(8-10)11-3-4-11/h9-12H,3-8H2,1-2H3,(H,18,19)(H2,15,16,20)/t10?,12-/m0/s1. The first-order valence-corrected chi connectivity index (χ1v) is 7.49. The molecule has 0 aromatic heterocycles. The van der Waals surface area contributed by atoms with Crippen LogP contribution in [0.4, 0.5) is 4.79 Å². The number of carboxylic acids is 1. The second-order valence-corrected chi connectivity index (χ2v) is 6.35. The van der Waals surface area contributed by atoms with Gasteiger partial charge >= 0.3 is 12.0 Å². The molecule has 1 heterocycles. The molecule has 1 saturated carbocycles. The Balaban J connectivity index is 1.74. The van der Waals surface area contributed by atoms with Gasteiger partial charge in [0, 0.05) is 25.2 Å². The Morgan fingerprint density at radius 3 is 2.55 bits per heavy atom. The molecule has 0 bridgehead atoms. The van der Waals surface area contributed by atoms with Crippen LogP contribution in [-0.4, -0.2) is 53.2 Å². The third-order valence-corrected chi connectivity index (χ3v) is 3.93. The predicted molar refractivity (Wildman–Crippen MR) is 75.5 cm³/mol. The van der Waals surface area contributed by atoms with Crippen LogP contribution in [0.2, 0.25) is 0 Å².